The van der Waals surface area contributed by atoms with E-state index in [9.17, 15) is 13.2 Å². The zero-order valence-electron chi connectivity index (χ0n) is 18.4. The van der Waals surface area contributed by atoms with Crippen LogP contribution in [0.25, 0.3) is 0 Å². The predicted octanol–water partition coefficient (Wildman–Crippen LogP) is 3.61. The molecular weight excluding hydrogens is 400 g/mol. The van der Waals surface area contributed by atoms with Crippen LogP contribution >= 0.6 is 0 Å². The molecule has 2 aromatic carbocycles. The van der Waals surface area contributed by atoms with Crippen molar-refractivity contribution in [3.8, 4) is 5.75 Å². The molecule has 0 saturated carbocycles. The van der Waals surface area contributed by atoms with Gasteiger partial charge in [-0.15, -0.1) is 0 Å². The van der Waals surface area contributed by atoms with E-state index in [1.54, 1.807) is 7.11 Å². The third kappa shape index (κ3) is 5.98. The van der Waals surface area contributed by atoms with Gasteiger partial charge in [0.05, 0.1) is 19.1 Å². The van der Waals surface area contributed by atoms with Crippen molar-refractivity contribution in [1.29, 1.82) is 0 Å². The van der Waals surface area contributed by atoms with Crippen LogP contribution in [0.3, 0.4) is 0 Å². The molecule has 0 unspecified atom stereocenters. The maximum absolute atomic E-state index is 12.9. The number of methoxy groups -OCH3 is 1. The first-order chi connectivity index (χ1) is 14.2. The van der Waals surface area contributed by atoms with Crippen LogP contribution in [-0.4, -0.2) is 40.3 Å². The molecule has 0 heterocycles. The van der Waals surface area contributed by atoms with Crippen LogP contribution < -0.4 is 14.4 Å². The van der Waals surface area contributed by atoms with E-state index in [-0.39, 0.29) is 5.91 Å². The van der Waals surface area contributed by atoms with Crippen LogP contribution in [0.15, 0.2) is 42.5 Å². The number of rotatable bonds is 10. The standard InChI is InChI=1S/C23H32N2O4S/c1-6-20(25(30(5,27)28)21-16-17(2)13-14-18(21)3)23(26)24-15-9-11-19-10-7-8-12-22(19)29-4/h7-8,10,12-14,16,20H,6,9,11,15H2,1-5H3,(H,24,26)/t20-/m1/s1. The van der Waals surface area contributed by atoms with Crippen LogP contribution in [0.2, 0.25) is 0 Å². The molecule has 30 heavy (non-hydrogen) atoms. The van der Waals surface area contributed by atoms with Crippen LogP contribution in [0.1, 0.15) is 36.5 Å². The smallest absolute Gasteiger partial charge is 0.243 e. The Kier molecular flexibility index (Phi) is 8.29. The van der Waals surface area contributed by atoms with E-state index >= 15 is 0 Å². The fraction of sp³-hybridized carbons (Fsp3) is 0.435. The number of para-hydroxylation sites is 1. The third-order valence-electron chi connectivity index (χ3n) is 5.05. The lowest BCUT2D eigenvalue weighted by atomic mass is 10.1. The second-order valence-electron chi connectivity index (χ2n) is 7.48. The zero-order chi connectivity index (χ0) is 22.3. The number of hydrogen-bond donors (Lipinski definition) is 1. The number of sulfonamides is 1. The molecule has 0 saturated heterocycles. The van der Waals surface area contributed by atoms with Gasteiger partial charge in [-0.2, -0.15) is 0 Å². The number of hydrogen-bond acceptors (Lipinski definition) is 4. The Morgan fingerprint density at radius 1 is 1.17 bits per heavy atom. The predicted molar refractivity (Wildman–Crippen MR) is 122 cm³/mol. The first kappa shape index (κ1) is 23.7. The summed E-state index contributed by atoms with van der Waals surface area (Å²) in [5.41, 5.74) is 3.38. The number of aryl methyl sites for hydroxylation is 3. The Balaban J connectivity index is 2.11. The van der Waals surface area contributed by atoms with Gasteiger partial charge in [-0.05, 0) is 61.9 Å². The number of carbonyl (C=O) groups is 1. The van der Waals surface area contributed by atoms with Gasteiger partial charge in [-0.25, -0.2) is 8.42 Å². The number of nitrogens with zero attached hydrogens (tertiary/aromatic N) is 1. The van der Waals surface area contributed by atoms with Crippen molar-refractivity contribution in [3.05, 3.63) is 59.2 Å². The van der Waals surface area contributed by atoms with Gasteiger partial charge in [0.1, 0.15) is 11.8 Å². The highest BCUT2D eigenvalue weighted by Gasteiger charge is 2.32. The summed E-state index contributed by atoms with van der Waals surface area (Å²) in [4.78, 5) is 12.9. The molecule has 0 bridgehead atoms. The summed E-state index contributed by atoms with van der Waals surface area (Å²) in [6.07, 6.45) is 3.00. The molecule has 164 valence electrons. The molecule has 1 atom stereocenters. The summed E-state index contributed by atoms with van der Waals surface area (Å²) in [5, 5.41) is 2.91. The second kappa shape index (κ2) is 10.5. The highest BCUT2D eigenvalue weighted by molar-refractivity contribution is 7.92. The monoisotopic (exact) mass is 432 g/mol. The summed E-state index contributed by atoms with van der Waals surface area (Å²) in [6.45, 7) is 6.03. The van der Waals surface area contributed by atoms with Crippen molar-refractivity contribution in [2.75, 3.05) is 24.2 Å². The van der Waals surface area contributed by atoms with Crippen molar-refractivity contribution < 1.29 is 17.9 Å². The van der Waals surface area contributed by atoms with Crippen molar-refractivity contribution in [1.82, 2.24) is 5.32 Å². The molecule has 0 fully saturated rings. The van der Waals surface area contributed by atoms with Crippen molar-refractivity contribution >= 4 is 21.6 Å². The van der Waals surface area contributed by atoms with E-state index in [1.807, 2.05) is 63.2 Å². The average molecular weight is 433 g/mol. The number of amides is 1. The van der Waals surface area contributed by atoms with Gasteiger partial charge in [0.25, 0.3) is 0 Å². The van der Waals surface area contributed by atoms with Gasteiger partial charge in [0.2, 0.25) is 15.9 Å². The molecule has 2 rings (SSSR count). The van der Waals surface area contributed by atoms with Crippen LogP contribution in [0, 0.1) is 13.8 Å². The summed E-state index contributed by atoms with van der Waals surface area (Å²) >= 11 is 0. The van der Waals surface area contributed by atoms with Crippen molar-refractivity contribution in [3.63, 3.8) is 0 Å². The number of nitrogens with one attached hydrogen (secondary N) is 1. The summed E-state index contributed by atoms with van der Waals surface area (Å²) in [7, 11) is -2.00. The molecule has 6 nitrogen and oxygen atoms in total. The number of anilines is 1. The van der Waals surface area contributed by atoms with Gasteiger partial charge in [0, 0.05) is 6.54 Å². The molecule has 0 spiro atoms. The number of carbonyl (C=O) groups excluding carboxylic acids is 1. The summed E-state index contributed by atoms with van der Waals surface area (Å²) in [6, 6.07) is 12.6. The lowest BCUT2D eigenvalue weighted by Gasteiger charge is -2.31. The Hall–Kier alpha value is -2.54. The zero-order valence-corrected chi connectivity index (χ0v) is 19.3. The fourth-order valence-corrected chi connectivity index (χ4v) is 4.77. The molecule has 0 aromatic heterocycles. The van der Waals surface area contributed by atoms with Gasteiger partial charge in [-0.1, -0.05) is 37.3 Å². The van der Waals surface area contributed by atoms with E-state index in [2.05, 4.69) is 5.32 Å². The molecule has 0 aliphatic rings. The lowest BCUT2D eigenvalue weighted by Crippen LogP contribution is -2.49. The third-order valence-corrected chi connectivity index (χ3v) is 6.21. The Morgan fingerprint density at radius 2 is 1.87 bits per heavy atom. The van der Waals surface area contributed by atoms with E-state index < -0.39 is 16.1 Å². The molecule has 0 radical (unpaired) electrons. The lowest BCUT2D eigenvalue weighted by molar-refractivity contribution is -0.122. The molecule has 0 aliphatic carbocycles. The second-order valence-corrected chi connectivity index (χ2v) is 9.34. The average Bonchev–Trinajstić information content (AvgIpc) is 2.70. The summed E-state index contributed by atoms with van der Waals surface area (Å²) < 4.78 is 31.8. The largest absolute Gasteiger partial charge is 0.496 e. The molecule has 0 aliphatic heterocycles. The maximum atomic E-state index is 12.9. The molecular formula is C23H32N2O4S. The first-order valence-corrected chi connectivity index (χ1v) is 12.0. The van der Waals surface area contributed by atoms with Crippen molar-refractivity contribution in [2.24, 2.45) is 0 Å². The molecule has 1 N–H and O–H groups in total. The quantitative estimate of drug-likeness (QED) is 0.582. The van der Waals surface area contributed by atoms with E-state index in [4.69, 9.17) is 4.74 Å². The minimum absolute atomic E-state index is 0.288. The highest BCUT2D eigenvalue weighted by atomic mass is 32.2. The summed E-state index contributed by atoms with van der Waals surface area (Å²) in [5.74, 6) is 0.539. The number of ether oxygens (including phenoxy) is 1. The highest BCUT2D eigenvalue weighted by Crippen LogP contribution is 2.27. The normalized spacial score (nSPS) is 12.3. The van der Waals surface area contributed by atoms with Gasteiger partial charge >= 0.3 is 0 Å². The Bertz CT molecular complexity index is 973. The van der Waals surface area contributed by atoms with Gasteiger partial charge in [-0.3, -0.25) is 9.10 Å². The fourth-order valence-electron chi connectivity index (χ4n) is 3.51. The van der Waals surface area contributed by atoms with E-state index in [0.717, 1.165) is 41.5 Å². The maximum Gasteiger partial charge on any atom is 0.243 e. The van der Waals surface area contributed by atoms with Crippen LogP contribution in [-0.2, 0) is 21.2 Å². The van der Waals surface area contributed by atoms with E-state index in [1.165, 1.54) is 4.31 Å². The minimum Gasteiger partial charge on any atom is -0.496 e. The molecule has 7 heteroatoms. The first-order valence-electron chi connectivity index (χ1n) is 10.1. The van der Waals surface area contributed by atoms with Gasteiger partial charge in [0.15, 0.2) is 0 Å². The topological polar surface area (TPSA) is 75.7 Å². The van der Waals surface area contributed by atoms with Gasteiger partial charge < -0.3 is 10.1 Å². The minimum atomic E-state index is -3.64. The van der Waals surface area contributed by atoms with Crippen LogP contribution in [0.4, 0.5) is 5.69 Å². The number of benzene rings is 2. The molecule has 1 amide bonds. The Labute approximate surface area is 180 Å². The van der Waals surface area contributed by atoms with E-state index in [0.29, 0.717) is 18.7 Å². The van der Waals surface area contributed by atoms with Crippen molar-refractivity contribution in [2.45, 2.75) is 46.1 Å². The SMILES string of the molecule is CC[C@H](C(=O)NCCCc1ccccc1OC)N(c1cc(C)ccc1C)S(C)(=O)=O. The Morgan fingerprint density at radius 3 is 2.50 bits per heavy atom. The van der Waals surface area contributed by atoms with Crippen LogP contribution in [0.5, 0.6) is 5.75 Å². The molecule has 2 aromatic rings.